The van der Waals surface area contributed by atoms with Crippen LogP contribution in [-0.2, 0) is 19.0 Å². The first-order valence-corrected chi connectivity index (χ1v) is 11.6. The first kappa shape index (κ1) is 24.5. The molecule has 0 bridgehead atoms. The third kappa shape index (κ3) is 5.20. The largest absolute Gasteiger partial charge is 0.416 e. The standard InChI is InChI=1S/C26H24F3NO3S/c27-26(28,29)21-6-3-17(4-7-21)24(33)19-5-8-22-20(13-19)12-18-2-1-16(11-23(18)34-22)9-10-25(30,14-31)15-32/h1-8,11,13,31-32H,9-10,12,14-15,30H2. The lowest BCUT2D eigenvalue weighted by Crippen LogP contribution is -2.47. The third-order valence-electron chi connectivity index (χ3n) is 6.07. The minimum absolute atomic E-state index is 0.211. The van der Waals surface area contributed by atoms with Gasteiger partial charge in [0.2, 0.25) is 0 Å². The van der Waals surface area contributed by atoms with E-state index in [0.29, 0.717) is 24.8 Å². The van der Waals surface area contributed by atoms with Crippen LogP contribution >= 0.6 is 11.8 Å². The van der Waals surface area contributed by atoms with Crippen LogP contribution in [0.5, 0.6) is 0 Å². The van der Waals surface area contributed by atoms with Gasteiger partial charge in [0.15, 0.2) is 5.78 Å². The summed E-state index contributed by atoms with van der Waals surface area (Å²) in [4.78, 5) is 15.0. The van der Waals surface area contributed by atoms with Crippen LogP contribution in [0.25, 0.3) is 0 Å². The zero-order valence-electron chi connectivity index (χ0n) is 18.2. The number of aryl methyl sites for hydroxylation is 1. The van der Waals surface area contributed by atoms with Gasteiger partial charge >= 0.3 is 6.18 Å². The van der Waals surface area contributed by atoms with E-state index in [1.54, 1.807) is 17.8 Å². The van der Waals surface area contributed by atoms with Gasteiger partial charge in [-0.3, -0.25) is 4.79 Å². The molecular weight excluding hydrogens is 463 g/mol. The van der Waals surface area contributed by atoms with Crippen LogP contribution in [0.2, 0.25) is 0 Å². The Morgan fingerprint density at radius 1 is 0.882 bits per heavy atom. The lowest BCUT2D eigenvalue weighted by molar-refractivity contribution is -0.137. The number of carbonyl (C=O) groups is 1. The molecule has 1 heterocycles. The van der Waals surface area contributed by atoms with Crippen LogP contribution in [0.1, 0.15) is 44.6 Å². The van der Waals surface area contributed by atoms with Crippen molar-refractivity contribution in [2.24, 2.45) is 5.73 Å². The molecule has 178 valence electrons. The van der Waals surface area contributed by atoms with Crippen molar-refractivity contribution in [1.82, 2.24) is 0 Å². The topological polar surface area (TPSA) is 83.6 Å². The fourth-order valence-electron chi connectivity index (χ4n) is 3.86. The van der Waals surface area contributed by atoms with E-state index in [9.17, 15) is 28.2 Å². The molecule has 0 amide bonds. The molecule has 8 heteroatoms. The van der Waals surface area contributed by atoms with Gasteiger partial charge in [-0.15, -0.1) is 0 Å². The molecule has 0 spiro atoms. The molecule has 0 unspecified atom stereocenters. The Balaban J connectivity index is 1.50. The van der Waals surface area contributed by atoms with Crippen LogP contribution < -0.4 is 5.73 Å². The summed E-state index contributed by atoms with van der Waals surface area (Å²) in [6, 6.07) is 15.7. The number of rotatable bonds is 7. The maximum Gasteiger partial charge on any atom is 0.416 e. The number of alkyl halides is 3. The van der Waals surface area contributed by atoms with Crippen molar-refractivity contribution in [1.29, 1.82) is 0 Å². The first-order valence-electron chi connectivity index (χ1n) is 10.8. The van der Waals surface area contributed by atoms with Gasteiger partial charge in [0.05, 0.1) is 24.3 Å². The monoisotopic (exact) mass is 487 g/mol. The number of aliphatic hydroxyl groups is 2. The van der Waals surface area contributed by atoms with Crippen molar-refractivity contribution in [3.05, 3.63) is 94.0 Å². The van der Waals surface area contributed by atoms with Crippen molar-refractivity contribution >= 4 is 17.5 Å². The van der Waals surface area contributed by atoms with E-state index < -0.39 is 17.3 Å². The van der Waals surface area contributed by atoms with Gasteiger partial charge in [-0.1, -0.05) is 36.0 Å². The number of hydrogen-bond acceptors (Lipinski definition) is 5. The zero-order valence-corrected chi connectivity index (χ0v) is 19.0. The second-order valence-corrected chi connectivity index (χ2v) is 9.71. The number of halogens is 3. The van der Waals surface area contributed by atoms with E-state index >= 15 is 0 Å². The molecule has 3 aromatic carbocycles. The van der Waals surface area contributed by atoms with Gasteiger partial charge in [-0.2, -0.15) is 13.2 Å². The summed E-state index contributed by atoms with van der Waals surface area (Å²) in [5.74, 6) is -0.319. The van der Waals surface area contributed by atoms with Crippen molar-refractivity contribution in [2.45, 2.75) is 40.8 Å². The molecule has 1 aliphatic rings. The maximum absolute atomic E-state index is 12.9. The second-order valence-electron chi connectivity index (χ2n) is 8.63. The Kier molecular flexibility index (Phi) is 6.87. The zero-order chi connectivity index (χ0) is 24.5. The average molecular weight is 488 g/mol. The number of ketones is 1. The van der Waals surface area contributed by atoms with Gasteiger partial charge in [0.1, 0.15) is 0 Å². The minimum atomic E-state index is -4.44. The van der Waals surface area contributed by atoms with E-state index in [-0.39, 0.29) is 24.6 Å². The fourth-order valence-corrected chi connectivity index (χ4v) is 4.97. The number of carbonyl (C=O) groups excluding carboxylic acids is 1. The smallest absolute Gasteiger partial charge is 0.394 e. The summed E-state index contributed by atoms with van der Waals surface area (Å²) < 4.78 is 38.4. The van der Waals surface area contributed by atoms with Crippen LogP contribution in [0.4, 0.5) is 13.2 Å². The van der Waals surface area contributed by atoms with Crippen LogP contribution in [-0.4, -0.2) is 34.7 Å². The Morgan fingerprint density at radius 2 is 1.56 bits per heavy atom. The normalized spacial score (nSPS) is 13.4. The first-order chi connectivity index (χ1) is 16.1. The molecule has 4 nitrogen and oxygen atoms in total. The lowest BCUT2D eigenvalue weighted by atomic mass is 9.93. The van der Waals surface area contributed by atoms with Gasteiger partial charge in [0.25, 0.3) is 0 Å². The third-order valence-corrected chi connectivity index (χ3v) is 7.29. The average Bonchev–Trinajstić information content (AvgIpc) is 2.84. The number of benzene rings is 3. The van der Waals surface area contributed by atoms with Crippen molar-refractivity contribution in [2.75, 3.05) is 13.2 Å². The highest BCUT2D eigenvalue weighted by Crippen LogP contribution is 2.40. The molecule has 0 saturated heterocycles. The van der Waals surface area contributed by atoms with Crippen molar-refractivity contribution in [3.8, 4) is 0 Å². The molecule has 0 fully saturated rings. The summed E-state index contributed by atoms with van der Waals surface area (Å²) in [5, 5.41) is 18.8. The lowest BCUT2D eigenvalue weighted by Gasteiger charge is -2.25. The molecule has 0 radical (unpaired) electrons. The van der Waals surface area contributed by atoms with Gasteiger partial charge in [-0.05, 0) is 72.4 Å². The highest BCUT2D eigenvalue weighted by atomic mass is 32.2. The van der Waals surface area contributed by atoms with E-state index in [1.165, 1.54) is 12.1 Å². The fraction of sp³-hybridized carbons (Fsp3) is 0.269. The number of fused-ring (bicyclic) bond motifs is 2. The highest BCUT2D eigenvalue weighted by Gasteiger charge is 2.30. The molecule has 1 aliphatic heterocycles. The Labute approximate surface area is 199 Å². The van der Waals surface area contributed by atoms with E-state index in [1.807, 2.05) is 24.3 Å². The predicted octanol–water partition coefficient (Wildman–Crippen LogP) is 4.61. The van der Waals surface area contributed by atoms with E-state index in [2.05, 4.69) is 6.07 Å². The predicted molar refractivity (Wildman–Crippen MR) is 124 cm³/mol. The Hall–Kier alpha value is -2.65. The van der Waals surface area contributed by atoms with Gasteiger partial charge in [-0.25, -0.2) is 0 Å². The van der Waals surface area contributed by atoms with Gasteiger partial charge in [0, 0.05) is 20.9 Å². The molecule has 0 aliphatic carbocycles. The van der Waals surface area contributed by atoms with Crippen LogP contribution in [0.3, 0.4) is 0 Å². The Bertz CT molecular complexity index is 1200. The second kappa shape index (κ2) is 9.54. The molecule has 0 aromatic heterocycles. The minimum Gasteiger partial charge on any atom is -0.394 e. The van der Waals surface area contributed by atoms with E-state index in [0.717, 1.165) is 38.6 Å². The quantitative estimate of drug-likeness (QED) is 0.332. The maximum atomic E-state index is 12.9. The summed E-state index contributed by atoms with van der Waals surface area (Å²) in [5.41, 5.74) is 7.98. The summed E-state index contributed by atoms with van der Waals surface area (Å²) in [6.07, 6.45) is -2.72. The SMILES string of the molecule is NC(CO)(CO)CCc1ccc2c(c1)Sc1ccc(C(=O)c3ccc(C(F)(F)F)cc3)cc1C2. The summed E-state index contributed by atoms with van der Waals surface area (Å²) in [6.45, 7) is -0.575. The molecule has 4 rings (SSSR count). The van der Waals surface area contributed by atoms with Crippen LogP contribution in [0, 0.1) is 0 Å². The molecule has 34 heavy (non-hydrogen) atoms. The number of nitrogens with two attached hydrogens (primary N) is 1. The van der Waals surface area contributed by atoms with Crippen molar-refractivity contribution in [3.63, 3.8) is 0 Å². The van der Waals surface area contributed by atoms with Crippen molar-refractivity contribution < 1.29 is 28.2 Å². The molecule has 0 atom stereocenters. The summed E-state index contributed by atoms with van der Waals surface area (Å²) >= 11 is 1.60. The molecule has 0 saturated carbocycles. The molecule has 3 aromatic rings. The number of hydrogen-bond donors (Lipinski definition) is 3. The summed E-state index contributed by atoms with van der Waals surface area (Å²) in [7, 11) is 0. The molecular formula is C26H24F3NO3S. The Morgan fingerprint density at radius 3 is 2.21 bits per heavy atom. The van der Waals surface area contributed by atoms with Crippen LogP contribution in [0.15, 0.2) is 70.5 Å². The van der Waals surface area contributed by atoms with Gasteiger partial charge < -0.3 is 15.9 Å². The van der Waals surface area contributed by atoms with E-state index in [4.69, 9.17) is 5.73 Å². The molecule has 4 N–H and O–H groups in total. The highest BCUT2D eigenvalue weighted by molar-refractivity contribution is 7.99. The number of aliphatic hydroxyl groups excluding tert-OH is 2.